The Morgan fingerprint density at radius 2 is 2.14 bits per heavy atom. The highest BCUT2D eigenvalue weighted by Gasteiger charge is 2.02. The average molecular weight is 205 g/mol. The van der Waals surface area contributed by atoms with E-state index in [-0.39, 0.29) is 0 Å². The molecule has 0 saturated heterocycles. The van der Waals surface area contributed by atoms with Crippen molar-refractivity contribution < 1.29 is 4.74 Å². The molecule has 1 aromatic rings. The zero-order valence-electron chi connectivity index (χ0n) is 7.86. The second kappa shape index (κ2) is 4.24. The molecule has 0 unspecified atom stereocenters. The summed E-state index contributed by atoms with van der Waals surface area (Å²) in [6.07, 6.45) is 1.67. The first-order valence-electron chi connectivity index (χ1n) is 4.36. The molecule has 3 heteroatoms. The van der Waals surface area contributed by atoms with E-state index in [0.29, 0.717) is 0 Å². The van der Waals surface area contributed by atoms with Gasteiger partial charge in [0.05, 0.1) is 6.26 Å². The second-order valence-electron chi connectivity index (χ2n) is 2.95. The van der Waals surface area contributed by atoms with E-state index in [1.54, 1.807) is 18.0 Å². The fourth-order valence-corrected chi connectivity index (χ4v) is 1.60. The molecule has 0 aromatic heterocycles. The molecule has 1 heterocycles. The first-order chi connectivity index (χ1) is 6.86. The van der Waals surface area contributed by atoms with E-state index >= 15 is 0 Å². The lowest BCUT2D eigenvalue weighted by Crippen LogP contribution is -2.02. The highest BCUT2D eigenvalue weighted by Crippen LogP contribution is 2.21. The smallest absolute Gasteiger partial charge is 0.203 e. The zero-order valence-corrected chi connectivity index (χ0v) is 8.67. The first kappa shape index (κ1) is 9.21. The highest BCUT2D eigenvalue weighted by atomic mass is 32.2. The largest absolute Gasteiger partial charge is 0.448 e. The first-order valence-corrected chi connectivity index (χ1v) is 5.30. The van der Waals surface area contributed by atoms with Gasteiger partial charge in [-0.15, -0.1) is 0 Å². The summed E-state index contributed by atoms with van der Waals surface area (Å²) in [4.78, 5) is 0. The summed E-state index contributed by atoms with van der Waals surface area (Å²) in [6, 6.07) is 8.12. The SMILES string of the molecule is Cc1ccccc1NC1=CSC=CO1. The quantitative estimate of drug-likeness (QED) is 0.799. The number of anilines is 1. The van der Waals surface area contributed by atoms with Crippen LogP contribution in [0.1, 0.15) is 5.56 Å². The molecule has 72 valence electrons. The van der Waals surface area contributed by atoms with E-state index in [0.717, 1.165) is 11.6 Å². The Bertz CT molecular complexity index is 385. The number of hydrogen-bond donors (Lipinski definition) is 1. The minimum absolute atomic E-state index is 0.770. The second-order valence-corrected chi connectivity index (χ2v) is 3.73. The van der Waals surface area contributed by atoms with Gasteiger partial charge in [0.2, 0.25) is 5.88 Å². The summed E-state index contributed by atoms with van der Waals surface area (Å²) in [7, 11) is 0. The Hall–Kier alpha value is -1.35. The number of benzene rings is 1. The standard InChI is InChI=1S/C11H11NOS/c1-9-4-2-3-5-10(9)12-11-8-14-7-6-13-11/h2-8,12H,1H3. The summed E-state index contributed by atoms with van der Waals surface area (Å²) < 4.78 is 5.29. The Balaban J connectivity index is 2.11. The van der Waals surface area contributed by atoms with Crippen molar-refractivity contribution in [3.05, 3.63) is 52.8 Å². The van der Waals surface area contributed by atoms with Crippen molar-refractivity contribution in [1.29, 1.82) is 0 Å². The third-order valence-electron chi connectivity index (χ3n) is 1.91. The lowest BCUT2D eigenvalue weighted by molar-refractivity contribution is 0.358. The van der Waals surface area contributed by atoms with Crippen LogP contribution in [0.2, 0.25) is 0 Å². The molecular formula is C11H11NOS. The maximum atomic E-state index is 5.29. The molecule has 0 radical (unpaired) electrons. The Morgan fingerprint density at radius 1 is 1.29 bits per heavy atom. The predicted octanol–water partition coefficient (Wildman–Crippen LogP) is 3.44. The van der Waals surface area contributed by atoms with Crippen molar-refractivity contribution >= 4 is 17.4 Å². The lowest BCUT2D eigenvalue weighted by Gasteiger charge is -2.13. The van der Waals surface area contributed by atoms with Gasteiger partial charge in [0, 0.05) is 16.5 Å². The van der Waals surface area contributed by atoms with E-state index in [1.807, 2.05) is 29.0 Å². The number of para-hydroxylation sites is 1. The van der Waals surface area contributed by atoms with Gasteiger partial charge in [-0.3, -0.25) is 0 Å². The zero-order chi connectivity index (χ0) is 9.80. The van der Waals surface area contributed by atoms with Gasteiger partial charge in [0.1, 0.15) is 0 Å². The molecule has 1 aromatic carbocycles. The van der Waals surface area contributed by atoms with E-state index < -0.39 is 0 Å². The summed E-state index contributed by atoms with van der Waals surface area (Å²) in [5.41, 5.74) is 2.28. The normalized spacial score (nSPS) is 14.5. The molecule has 0 fully saturated rings. The van der Waals surface area contributed by atoms with Crippen molar-refractivity contribution in [2.45, 2.75) is 6.92 Å². The van der Waals surface area contributed by atoms with Crippen LogP contribution in [-0.4, -0.2) is 0 Å². The minimum Gasteiger partial charge on any atom is -0.448 e. The van der Waals surface area contributed by atoms with E-state index in [1.165, 1.54) is 5.56 Å². The summed E-state index contributed by atoms with van der Waals surface area (Å²) >= 11 is 1.60. The minimum atomic E-state index is 0.770. The van der Waals surface area contributed by atoms with Crippen molar-refractivity contribution in [1.82, 2.24) is 0 Å². The number of ether oxygens (including phenoxy) is 1. The van der Waals surface area contributed by atoms with Gasteiger partial charge < -0.3 is 10.1 Å². The van der Waals surface area contributed by atoms with Crippen LogP contribution in [0.5, 0.6) is 0 Å². The number of hydrogen-bond acceptors (Lipinski definition) is 3. The van der Waals surface area contributed by atoms with Crippen molar-refractivity contribution in [2.75, 3.05) is 5.32 Å². The van der Waals surface area contributed by atoms with Crippen LogP contribution in [0.25, 0.3) is 0 Å². The predicted molar refractivity (Wildman–Crippen MR) is 60.7 cm³/mol. The molecule has 2 rings (SSSR count). The molecule has 0 spiro atoms. The summed E-state index contributed by atoms with van der Waals surface area (Å²) in [6.45, 7) is 2.06. The van der Waals surface area contributed by atoms with E-state index in [2.05, 4.69) is 18.3 Å². The van der Waals surface area contributed by atoms with Crippen molar-refractivity contribution in [3.8, 4) is 0 Å². The van der Waals surface area contributed by atoms with Gasteiger partial charge in [-0.2, -0.15) is 0 Å². The van der Waals surface area contributed by atoms with Crippen LogP contribution < -0.4 is 5.32 Å². The Kier molecular flexibility index (Phi) is 2.79. The van der Waals surface area contributed by atoms with Gasteiger partial charge in [-0.1, -0.05) is 30.0 Å². The lowest BCUT2D eigenvalue weighted by atomic mass is 10.2. The molecule has 0 amide bonds. The molecule has 1 aliphatic heterocycles. The molecule has 0 saturated carbocycles. The average Bonchev–Trinajstić information content (AvgIpc) is 2.23. The number of nitrogens with one attached hydrogen (secondary N) is 1. The van der Waals surface area contributed by atoms with Gasteiger partial charge in [0.15, 0.2) is 0 Å². The van der Waals surface area contributed by atoms with E-state index in [4.69, 9.17) is 4.74 Å². The van der Waals surface area contributed by atoms with Crippen LogP contribution in [0.4, 0.5) is 5.69 Å². The third kappa shape index (κ3) is 2.12. The monoisotopic (exact) mass is 205 g/mol. The van der Waals surface area contributed by atoms with Gasteiger partial charge in [0.25, 0.3) is 0 Å². The van der Waals surface area contributed by atoms with Gasteiger partial charge in [-0.25, -0.2) is 0 Å². The fourth-order valence-electron chi connectivity index (χ4n) is 1.17. The van der Waals surface area contributed by atoms with Crippen LogP contribution in [0.15, 0.2) is 47.2 Å². The Morgan fingerprint density at radius 3 is 2.86 bits per heavy atom. The van der Waals surface area contributed by atoms with Gasteiger partial charge >= 0.3 is 0 Å². The molecule has 14 heavy (non-hydrogen) atoms. The number of aryl methyl sites for hydroxylation is 1. The molecule has 1 aliphatic rings. The summed E-state index contributed by atoms with van der Waals surface area (Å²) in [5, 5.41) is 7.04. The number of rotatable bonds is 2. The van der Waals surface area contributed by atoms with Crippen LogP contribution in [-0.2, 0) is 4.74 Å². The van der Waals surface area contributed by atoms with Crippen molar-refractivity contribution in [2.24, 2.45) is 0 Å². The molecule has 0 bridgehead atoms. The van der Waals surface area contributed by atoms with Crippen molar-refractivity contribution in [3.63, 3.8) is 0 Å². The fraction of sp³-hybridized carbons (Fsp3) is 0.0909. The molecule has 0 aliphatic carbocycles. The van der Waals surface area contributed by atoms with E-state index in [9.17, 15) is 0 Å². The highest BCUT2D eigenvalue weighted by molar-refractivity contribution is 8.04. The van der Waals surface area contributed by atoms with Crippen LogP contribution in [0.3, 0.4) is 0 Å². The Labute approximate surface area is 87.7 Å². The van der Waals surface area contributed by atoms with Crippen LogP contribution in [0, 0.1) is 6.92 Å². The molecule has 0 atom stereocenters. The maximum Gasteiger partial charge on any atom is 0.203 e. The third-order valence-corrected chi connectivity index (χ3v) is 2.53. The molecular weight excluding hydrogens is 194 g/mol. The van der Waals surface area contributed by atoms with Gasteiger partial charge in [-0.05, 0) is 18.6 Å². The molecule has 2 nitrogen and oxygen atoms in total. The summed E-state index contributed by atoms with van der Waals surface area (Å²) in [5.74, 6) is 0.770. The molecule has 1 N–H and O–H groups in total. The van der Waals surface area contributed by atoms with Crippen LogP contribution >= 0.6 is 11.8 Å². The number of thioether (sulfide) groups is 1. The topological polar surface area (TPSA) is 21.3 Å². The maximum absolute atomic E-state index is 5.29.